The lowest BCUT2D eigenvalue weighted by Crippen LogP contribution is -2.26. The molecule has 0 N–H and O–H groups in total. The van der Waals surface area contributed by atoms with Gasteiger partial charge < -0.3 is 4.90 Å². The molecule has 0 saturated heterocycles. The van der Waals surface area contributed by atoms with Gasteiger partial charge in [0.1, 0.15) is 0 Å². The van der Waals surface area contributed by atoms with Gasteiger partial charge in [-0.05, 0) is 102 Å². The molecule has 60 heavy (non-hydrogen) atoms. The lowest BCUT2D eigenvalue weighted by atomic mass is 9.70. The van der Waals surface area contributed by atoms with E-state index in [1.54, 1.807) is 0 Å². The van der Waals surface area contributed by atoms with Crippen molar-refractivity contribution in [3.05, 3.63) is 259 Å². The number of benzene rings is 10. The molecule has 0 fully saturated rings. The summed E-state index contributed by atoms with van der Waals surface area (Å²) in [4.78, 5) is 2.52. The van der Waals surface area contributed by atoms with E-state index in [1.165, 1.54) is 88.7 Å². The lowest BCUT2D eigenvalue weighted by molar-refractivity contribution is 0.794. The van der Waals surface area contributed by atoms with Crippen LogP contribution in [0.2, 0.25) is 0 Å². The molecule has 0 amide bonds. The number of fused-ring (bicyclic) bond motifs is 11. The average Bonchev–Trinajstić information content (AvgIpc) is 3.80. The van der Waals surface area contributed by atoms with Crippen molar-refractivity contribution in [1.29, 1.82) is 0 Å². The Kier molecular flexibility index (Phi) is 7.83. The Morgan fingerprint density at radius 2 is 0.700 bits per heavy atom. The molecule has 0 aromatic heterocycles. The number of nitrogens with zero attached hydrogens (tertiary/aromatic N) is 1. The molecule has 12 rings (SSSR count). The Labute approximate surface area is 351 Å². The number of para-hydroxylation sites is 1. The van der Waals surface area contributed by atoms with E-state index in [9.17, 15) is 0 Å². The highest BCUT2D eigenvalue weighted by atomic mass is 15.1. The fourth-order valence-corrected chi connectivity index (χ4v) is 10.5. The molecule has 280 valence electrons. The predicted octanol–water partition coefficient (Wildman–Crippen LogP) is 15.7. The monoisotopic (exact) mass is 761 g/mol. The quantitative estimate of drug-likeness (QED) is 0.163. The molecule has 0 saturated carbocycles. The molecule has 10 aromatic rings. The van der Waals surface area contributed by atoms with Crippen molar-refractivity contribution >= 4 is 27.8 Å². The molecular formula is C59H39N. The zero-order valence-corrected chi connectivity index (χ0v) is 33.0. The average molecular weight is 762 g/mol. The molecule has 0 atom stereocenters. The van der Waals surface area contributed by atoms with Crippen molar-refractivity contribution in [2.24, 2.45) is 0 Å². The van der Waals surface area contributed by atoms with E-state index >= 15 is 0 Å². The minimum Gasteiger partial charge on any atom is -0.309 e. The number of hydrogen-bond donors (Lipinski definition) is 0. The van der Waals surface area contributed by atoms with Gasteiger partial charge in [-0.1, -0.05) is 212 Å². The fraction of sp³-hybridized carbons (Fsp3) is 0.0169. The normalized spacial score (nSPS) is 12.8. The van der Waals surface area contributed by atoms with Crippen molar-refractivity contribution in [3.8, 4) is 55.6 Å². The van der Waals surface area contributed by atoms with E-state index in [0.717, 1.165) is 17.1 Å². The van der Waals surface area contributed by atoms with Crippen molar-refractivity contribution in [3.63, 3.8) is 0 Å². The molecule has 1 heteroatoms. The van der Waals surface area contributed by atoms with Crippen LogP contribution in [-0.2, 0) is 5.41 Å². The first-order valence-corrected chi connectivity index (χ1v) is 20.9. The van der Waals surface area contributed by atoms with Crippen molar-refractivity contribution in [1.82, 2.24) is 0 Å². The van der Waals surface area contributed by atoms with E-state index in [-0.39, 0.29) is 0 Å². The van der Waals surface area contributed by atoms with Crippen molar-refractivity contribution < 1.29 is 0 Å². The maximum atomic E-state index is 2.52. The predicted molar refractivity (Wildman–Crippen MR) is 251 cm³/mol. The maximum absolute atomic E-state index is 2.52. The van der Waals surface area contributed by atoms with Crippen LogP contribution in [0, 0.1) is 0 Å². The van der Waals surface area contributed by atoms with E-state index in [2.05, 4.69) is 241 Å². The second kappa shape index (κ2) is 13.7. The summed E-state index contributed by atoms with van der Waals surface area (Å²) in [6, 6.07) is 87.2. The van der Waals surface area contributed by atoms with E-state index in [4.69, 9.17) is 0 Å². The van der Waals surface area contributed by atoms with E-state index in [1.807, 2.05) is 0 Å². The minimum absolute atomic E-state index is 0.443. The van der Waals surface area contributed by atoms with Crippen LogP contribution in [0.15, 0.2) is 237 Å². The Hall–Kier alpha value is -7.74. The van der Waals surface area contributed by atoms with Crippen molar-refractivity contribution in [2.75, 3.05) is 4.90 Å². The van der Waals surface area contributed by atoms with Crippen LogP contribution in [0.4, 0.5) is 17.1 Å². The number of anilines is 3. The molecule has 2 aliphatic carbocycles. The summed E-state index contributed by atoms with van der Waals surface area (Å²) < 4.78 is 0. The van der Waals surface area contributed by atoms with Gasteiger partial charge in [0.2, 0.25) is 0 Å². The second-order valence-corrected chi connectivity index (χ2v) is 15.9. The fourth-order valence-electron chi connectivity index (χ4n) is 10.5. The summed E-state index contributed by atoms with van der Waals surface area (Å²) in [7, 11) is 0. The molecule has 2 aliphatic rings. The first-order chi connectivity index (χ1) is 29.8. The van der Waals surface area contributed by atoms with E-state index in [0.29, 0.717) is 0 Å². The zero-order chi connectivity index (χ0) is 39.6. The minimum atomic E-state index is -0.443. The summed E-state index contributed by atoms with van der Waals surface area (Å²) in [6.07, 6.45) is 0. The number of rotatable bonds is 6. The van der Waals surface area contributed by atoms with E-state index < -0.39 is 5.41 Å². The summed E-state index contributed by atoms with van der Waals surface area (Å²) >= 11 is 0. The van der Waals surface area contributed by atoms with Gasteiger partial charge in [0.05, 0.1) is 16.8 Å². The molecule has 1 nitrogen and oxygen atoms in total. The molecule has 0 bridgehead atoms. The van der Waals surface area contributed by atoms with Gasteiger partial charge in [-0.3, -0.25) is 0 Å². The molecule has 0 unspecified atom stereocenters. The summed E-state index contributed by atoms with van der Waals surface area (Å²) in [5, 5.41) is 2.49. The Morgan fingerprint density at radius 1 is 0.267 bits per heavy atom. The number of hydrogen-bond acceptors (Lipinski definition) is 1. The van der Waals surface area contributed by atoms with Gasteiger partial charge in [-0.2, -0.15) is 0 Å². The zero-order valence-electron chi connectivity index (χ0n) is 33.0. The van der Waals surface area contributed by atoms with Crippen LogP contribution in [-0.4, -0.2) is 0 Å². The molecule has 0 radical (unpaired) electrons. The highest BCUT2D eigenvalue weighted by Crippen LogP contribution is 2.64. The van der Waals surface area contributed by atoms with Crippen LogP contribution in [0.1, 0.15) is 22.3 Å². The van der Waals surface area contributed by atoms with Crippen LogP contribution in [0.3, 0.4) is 0 Å². The van der Waals surface area contributed by atoms with Gasteiger partial charge in [0.25, 0.3) is 0 Å². The summed E-state index contributed by atoms with van der Waals surface area (Å²) in [5.74, 6) is 0. The third-order valence-corrected chi connectivity index (χ3v) is 12.9. The standard InChI is InChI=1S/C59H39N/c1-3-19-40(20-4-1)44-37-38-45(48-27-8-7-26-47(44)48)42-23-17-24-43(39-42)60(56-35-16-12-25-46(56)41-21-5-2-6-22-41)57-36-18-34-55-58(57)51-30-11-15-33-54(51)59(55)52-31-13-9-28-49(52)50-29-10-14-32-53(50)59/h1-39H. The Bertz CT molecular complexity index is 3220. The largest absolute Gasteiger partial charge is 0.309 e. The Balaban J connectivity index is 1.13. The third kappa shape index (κ3) is 4.99. The molecule has 10 aromatic carbocycles. The SMILES string of the molecule is c1ccc(-c2ccccc2N(c2cccc(-c3ccc(-c4ccccc4)c4ccccc34)c2)c2cccc3c2-c2ccccc2C32c3ccccc3-c3ccccc32)cc1. The topological polar surface area (TPSA) is 3.24 Å². The van der Waals surface area contributed by atoms with Gasteiger partial charge >= 0.3 is 0 Å². The third-order valence-electron chi connectivity index (χ3n) is 12.9. The second-order valence-electron chi connectivity index (χ2n) is 15.9. The summed E-state index contributed by atoms with van der Waals surface area (Å²) in [5.41, 5.74) is 20.7. The maximum Gasteiger partial charge on any atom is 0.0726 e. The lowest BCUT2D eigenvalue weighted by Gasteiger charge is -2.32. The van der Waals surface area contributed by atoms with Crippen LogP contribution >= 0.6 is 0 Å². The van der Waals surface area contributed by atoms with Gasteiger partial charge in [0.15, 0.2) is 0 Å². The van der Waals surface area contributed by atoms with Gasteiger partial charge in [-0.25, -0.2) is 0 Å². The van der Waals surface area contributed by atoms with Gasteiger partial charge in [-0.15, -0.1) is 0 Å². The molecular weight excluding hydrogens is 723 g/mol. The van der Waals surface area contributed by atoms with Crippen molar-refractivity contribution in [2.45, 2.75) is 5.41 Å². The molecule has 0 heterocycles. The van der Waals surface area contributed by atoms with Crippen LogP contribution in [0.5, 0.6) is 0 Å². The first-order valence-electron chi connectivity index (χ1n) is 20.9. The summed E-state index contributed by atoms with van der Waals surface area (Å²) in [6.45, 7) is 0. The van der Waals surface area contributed by atoms with Gasteiger partial charge in [0, 0.05) is 16.8 Å². The smallest absolute Gasteiger partial charge is 0.0726 e. The molecule has 0 aliphatic heterocycles. The first kappa shape index (κ1) is 34.3. The van der Waals surface area contributed by atoms with Crippen LogP contribution < -0.4 is 4.90 Å². The Morgan fingerprint density at radius 3 is 1.35 bits per heavy atom. The highest BCUT2D eigenvalue weighted by Gasteiger charge is 2.52. The highest BCUT2D eigenvalue weighted by molar-refractivity contribution is 6.06. The van der Waals surface area contributed by atoms with Crippen LogP contribution in [0.25, 0.3) is 66.4 Å². The molecule has 1 spiro atoms.